The van der Waals surface area contributed by atoms with E-state index >= 15 is 0 Å². The van der Waals surface area contributed by atoms with Crippen molar-refractivity contribution in [2.45, 2.75) is 31.9 Å². The lowest BCUT2D eigenvalue weighted by molar-refractivity contribution is -0.136. The van der Waals surface area contributed by atoms with Crippen LogP contribution in [0, 0.1) is 5.92 Å². The van der Waals surface area contributed by atoms with Crippen LogP contribution < -0.4 is 5.32 Å². The molecule has 0 spiro atoms. The predicted octanol–water partition coefficient (Wildman–Crippen LogP) is 0.500. The molecule has 3 rings (SSSR count). The summed E-state index contributed by atoms with van der Waals surface area (Å²) in [6, 6.07) is 0. The maximum atomic E-state index is 12.3. The highest BCUT2D eigenvalue weighted by atomic mass is 16.5. The van der Waals surface area contributed by atoms with Crippen molar-refractivity contribution >= 4 is 5.91 Å². The maximum Gasteiger partial charge on any atom is 0.225 e. The average Bonchev–Trinajstić information content (AvgIpc) is 3.02. The zero-order valence-corrected chi connectivity index (χ0v) is 12.4. The Morgan fingerprint density at radius 1 is 1.38 bits per heavy atom. The largest absolute Gasteiger partial charge is 0.375 e. The second kappa shape index (κ2) is 7.04. The Labute approximate surface area is 125 Å². The van der Waals surface area contributed by atoms with Crippen LogP contribution in [-0.4, -0.2) is 59.2 Å². The number of carbonyl (C=O) groups excluding carboxylic acids is 1. The molecule has 0 aromatic carbocycles. The summed E-state index contributed by atoms with van der Waals surface area (Å²) >= 11 is 0. The number of amides is 1. The summed E-state index contributed by atoms with van der Waals surface area (Å²) in [5.41, 5.74) is 0. The standard InChI is InChI=1S/C15H24N4O2/c20-15(9-14-10-16-4-8-21-14)19-5-1-13(2-6-19)11-18-7-3-17-12-18/h3,7,12-14,16H,1-2,4-6,8-11H2/t14-/m1/s1. The Bertz CT molecular complexity index is 435. The highest BCUT2D eigenvalue weighted by molar-refractivity contribution is 5.76. The average molecular weight is 292 g/mol. The SMILES string of the molecule is O=C(C[C@@H]1CNCCO1)N1CCC(Cn2ccnc2)CC1. The molecule has 116 valence electrons. The van der Waals surface area contributed by atoms with E-state index in [1.165, 1.54) is 0 Å². The van der Waals surface area contributed by atoms with Gasteiger partial charge in [0.25, 0.3) is 0 Å². The number of piperidine rings is 1. The number of nitrogens with one attached hydrogen (secondary N) is 1. The number of aromatic nitrogens is 2. The quantitative estimate of drug-likeness (QED) is 0.878. The Balaban J connectivity index is 1.41. The van der Waals surface area contributed by atoms with Crippen molar-refractivity contribution in [1.82, 2.24) is 19.8 Å². The Kier molecular flexibility index (Phi) is 4.87. The molecule has 6 heteroatoms. The molecule has 2 aliphatic rings. The van der Waals surface area contributed by atoms with Crippen LogP contribution in [0.5, 0.6) is 0 Å². The molecule has 3 heterocycles. The van der Waals surface area contributed by atoms with Gasteiger partial charge in [0.2, 0.25) is 5.91 Å². The number of imidazole rings is 1. The van der Waals surface area contributed by atoms with Crippen molar-refractivity contribution in [3.63, 3.8) is 0 Å². The van der Waals surface area contributed by atoms with Gasteiger partial charge in [0.1, 0.15) is 0 Å². The summed E-state index contributed by atoms with van der Waals surface area (Å²) in [6.45, 7) is 5.16. The van der Waals surface area contributed by atoms with Gasteiger partial charge in [0.15, 0.2) is 0 Å². The van der Waals surface area contributed by atoms with Gasteiger partial charge >= 0.3 is 0 Å². The van der Waals surface area contributed by atoms with Crippen LogP contribution >= 0.6 is 0 Å². The molecule has 6 nitrogen and oxygen atoms in total. The zero-order chi connectivity index (χ0) is 14.5. The minimum absolute atomic E-state index is 0.0509. The van der Waals surface area contributed by atoms with E-state index < -0.39 is 0 Å². The second-order valence-electron chi connectivity index (χ2n) is 5.98. The number of rotatable bonds is 4. The van der Waals surface area contributed by atoms with Gasteiger partial charge in [0.05, 0.1) is 25.5 Å². The van der Waals surface area contributed by atoms with Gasteiger partial charge < -0.3 is 19.5 Å². The van der Waals surface area contributed by atoms with E-state index in [1.54, 1.807) is 0 Å². The van der Waals surface area contributed by atoms with Gasteiger partial charge in [0, 0.05) is 45.1 Å². The number of carbonyl (C=O) groups is 1. The number of hydrogen-bond donors (Lipinski definition) is 1. The number of ether oxygens (including phenoxy) is 1. The number of hydrogen-bond acceptors (Lipinski definition) is 4. The van der Waals surface area contributed by atoms with Gasteiger partial charge in [-0.3, -0.25) is 4.79 Å². The van der Waals surface area contributed by atoms with Crippen LogP contribution in [0.25, 0.3) is 0 Å². The Morgan fingerprint density at radius 2 is 2.24 bits per heavy atom. The topological polar surface area (TPSA) is 59.4 Å². The van der Waals surface area contributed by atoms with Crippen molar-refractivity contribution in [3.05, 3.63) is 18.7 Å². The van der Waals surface area contributed by atoms with E-state index in [0.717, 1.165) is 45.6 Å². The molecular formula is C15H24N4O2. The number of morpholine rings is 1. The summed E-state index contributed by atoms with van der Waals surface area (Å²) in [7, 11) is 0. The monoisotopic (exact) mass is 292 g/mol. The normalized spacial score (nSPS) is 24.2. The van der Waals surface area contributed by atoms with Gasteiger partial charge in [-0.05, 0) is 18.8 Å². The van der Waals surface area contributed by atoms with E-state index in [2.05, 4.69) is 14.9 Å². The van der Waals surface area contributed by atoms with Crippen molar-refractivity contribution < 1.29 is 9.53 Å². The lowest BCUT2D eigenvalue weighted by Gasteiger charge is -2.33. The summed E-state index contributed by atoms with van der Waals surface area (Å²) in [5.74, 6) is 0.889. The highest BCUT2D eigenvalue weighted by Gasteiger charge is 2.25. The first kappa shape index (κ1) is 14.5. The lowest BCUT2D eigenvalue weighted by atomic mass is 9.96. The van der Waals surface area contributed by atoms with Crippen molar-refractivity contribution in [2.75, 3.05) is 32.8 Å². The molecule has 1 amide bonds. The van der Waals surface area contributed by atoms with Crippen LogP contribution in [-0.2, 0) is 16.1 Å². The van der Waals surface area contributed by atoms with E-state index in [0.29, 0.717) is 18.9 Å². The van der Waals surface area contributed by atoms with Crippen LogP contribution in [0.15, 0.2) is 18.7 Å². The molecular weight excluding hydrogens is 268 g/mol. The second-order valence-corrected chi connectivity index (χ2v) is 5.98. The third-order valence-corrected chi connectivity index (χ3v) is 4.40. The molecule has 0 aliphatic carbocycles. The van der Waals surface area contributed by atoms with Gasteiger partial charge in [-0.1, -0.05) is 0 Å². The Hall–Kier alpha value is -1.40. The molecule has 1 aromatic heterocycles. The first-order valence-electron chi connectivity index (χ1n) is 7.87. The molecule has 0 unspecified atom stereocenters. The van der Waals surface area contributed by atoms with Gasteiger partial charge in [-0.15, -0.1) is 0 Å². The lowest BCUT2D eigenvalue weighted by Crippen LogP contribution is -2.44. The molecule has 1 atom stereocenters. The highest BCUT2D eigenvalue weighted by Crippen LogP contribution is 2.20. The van der Waals surface area contributed by atoms with Crippen molar-refractivity contribution in [2.24, 2.45) is 5.92 Å². The molecule has 2 fully saturated rings. The molecule has 0 radical (unpaired) electrons. The molecule has 1 aromatic rings. The first-order valence-corrected chi connectivity index (χ1v) is 7.87. The number of nitrogens with zero attached hydrogens (tertiary/aromatic N) is 3. The van der Waals surface area contributed by atoms with Crippen LogP contribution in [0.2, 0.25) is 0 Å². The Morgan fingerprint density at radius 3 is 2.90 bits per heavy atom. The van der Waals surface area contributed by atoms with E-state index in [9.17, 15) is 4.79 Å². The molecule has 2 saturated heterocycles. The van der Waals surface area contributed by atoms with E-state index in [-0.39, 0.29) is 12.0 Å². The number of likely N-dealkylation sites (tertiary alicyclic amines) is 1. The molecule has 0 bridgehead atoms. The van der Waals surface area contributed by atoms with Gasteiger partial charge in [-0.2, -0.15) is 0 Å². The van der Waals surface area contributed by atoms with Crippen LogP contribution in [0.1, 0.15) is 19.3 Å². The third kappa shape index (κ3) is 4.04. The minimum Gasteiger partial charge on any atom is -0.375 e. The minimum atomic E-state index is 0.0509. The summed E-state index contributed by atoms with van der Waals surface area (Å²) in [5, 5.41) is 3.27. The smallest absolute Gasteiger partial charge is 0.225 e. The summed E-state index contributed by atoms with van der Waals surface area (Å²) in [6.07, 6.45) is 8.41. The first-order chi connectivity index (χ1) is 10.3. The van der Waals surface area contributed by atoms with E-state index in [4.69, 9.17) is 4.74 Å². The third-order valence-electron chi connectivity index (χ3n) is 4.40. The fourth-order valence-corrected chi connectivity index (χ4v) is 3.13. The summed E-state index contributed by atoms with van der Waals surface area (Å²) in [4.78, 5) is 18.4. The van der Waals surface area contributed by atoms with Crippen molar-refractivity contribution in [1.29, 1.82) is 0 Å². The fraction of sp³-hybridized carbons (Fsp3) is 0.733. The van der Waals surface area contributed by atoms with Gasteiger partial charge in [-0.25, -0.2) is 4.98 Å². The van der Waals surface area contributed by atoms with E-state index in [1.807, 2.05) is 23.6 Å². The van der Waals surface area contributed by atoms with Crippen molar-refractivity contribution in [3.8, 4) is 0 Å². The maximum absolute atomic E-state index is 12.3. The summed E-state index contributed by atoms with van der Waals surface area (Å²) < 4.78 is 7.74. The van der Waals surface area contributed by atoms with Crippen LogP contribution in [0.4, 0.5) is 0 Å². The fourth-order valence-electron chi connectivity index (χ4n) is 3.13. The predicted molar refractivity (Wildman–Crippen MR) is 78.8 cm³/mol. The molecule has 21 heavy (non-hydrogen) atoms. The molecule has 1 N–H and O–H groups in total. The molecule has 2 aliphatic heterocycles. The zero-order valence-electron chi connectivity index (χ0n) is 12.4. The van der Waals surface area contributed by atoms with Crippen LogP contribution in [0.3, 0.4) is 0 Å². The molecule has 0 saturated carbocycles.